The third-order valence-electron chi connectivity index (χ3n) is 13.0. The molecule has 0 saturated carbocycles. The molecule has 0 saturated heterocycles. The third-order valence-corrected chi connectivity index (χ3v) is 14.0. The summed E-state index contributed by atoms with van der Waals surface area (Å²) in [6.07, 6.45) is 78.1. The number of hydrogen-bond donors (Lipinski definition) is 3. The summed E-state index contributed by atoms with van der Waals surface area (Å²) >= 11 is 0. The van der Waals surface area contributed by atoms with E-state index in [1.54, 1.807) is 6.08 Å². The van der Waals surface area contributed by atoms with E-state index in [4.69, 9.17) is 9.05 Å². The molecule has 8 nitrogen and oxygen atoms in total. The average Bonchev–Trinajstić information content (AvgIpc) is 3.35. The first-order chi connectivity index (χ1) is 35.5. The van der Waals surface area contributed by atoms with Crippen molar-refractivity contribution >= 4 is 13.7 Å². The van der Waals surface area contributed by atoms with Crippen LogP contribution in [0.3, 0.4) is 0 Å². The molecule has 0 aliphatic heterocycles. The standard InChI is InChI=1S/C64H115N2O6P/c1-6-8-10-12-14-16-18-20-22-24-26-27-28-29-30-31-32-33-34-35-36-37-38-39-40-42-44-46-48-50-52-54-56-58-64(68)65-62(61-72-73(69,70)71-60-59-66(3,4)5)63(67)57-55-53-51-49-47-45-43-41-25-23-21-19-17-15-13-11-9-7-2/h8,10,14,16,20,22,25-27,29-30,41,47,49,55,57,62-63,67H,6-7,9,11-13,15,17-19,21,23-24,28,31-40,42-46,48,50-54,56,58-61H2,1-5H3,(H-,65,68,69,70)/p+1/b10-8-,16-14-,22-20-,27-26-,30-29-,41-25+,49-47+,57-55+. The lowest BCUT2D eigenvalue weighted by Gasteiger charge is -2.25. The molecule has 9 heteroatoms. The van der Waals surface area contributed by atoms with Gasteiger partial charge >= 0.3 is 7.82 Å². The van der Waals surface area contributed by atoms with E-state index in [1.165, 1.54) is 154 Å². The van der Waals surface area contributed by atoms with Gasteiger partial charge in [-0.3, -0.25) is 13.8 Å². The summed E-state index contributed by atoms with van der Waals surface area (Å²) in [5.74, 6) is -0.192. The summed E-state index contributed by atoms with van der Waals surface area (Å²) in [6, 6.07) is -0.874. The van der Waals surface area contributed by atoms with Crippen LogP contribution in [0.2, 0.25) is 0 Å². The Morgan fingerprint density at radius 1 is 0.479 bits per heavy atom. The van der Waals surface area contributed by atoms with Gasteiger partial charge in [0.05, 0.1) is 39.9 Å². The van der Waals surface area contributed by atoms with Crippen LogP contribution in [0.5, 0.6) is 0 Å². The molecule has 3 unspecified atom stereocenters. The molecule has 0 aliphatic rings. The van der Waals surface area contributed by atoms with Crippen LogP contribution in [0.4, 0.5) is 0 Å². The van der Waals surface area contributed by atoms with Crippen molar-refractivity contribution in [3.63, 3.8) is 0 Å². The van der Waals surface area contributed by atoms with Crippen molar-refractivity contribution in [2.24, 2.45) is 0 Å². The summed E-state index contributed by atoms with van der Waals surface area (Å²) in [4.78, 5) is 23.3. The Labute approximate surface area is 451 Å². The van der Waals surface area contributed by atoms with Gasteiger partial charge in [0, 0.05) is 6.42 Å². The van der Waals surface area contributed by atoms with Crippen molar-refractivity contribution in [3.05, 3.63) is 97.2 Å². The number of aliphatic hydroxyl groups excluding tert-OH is 1. The van der Waals surface area contributed by atoms with Crippen molar-refractivity contribution in [1.29, 1.82) is 0 Å². The second kappa shape index (κ2) is 54.2. The van der Waals surface area contributed by atoms with E-state index in [9.17, 15) is 19.4 Å². The molecule has 3 N–H and O–H groups in total. The Kier molecular flexibility index (Phi) is 52.3. The second-order valence-electron chi connectivity index (χ2n) is 21.3. The highest BCUT2D eigenvalue weighted by atomic mass is 31.2. The van der Waals surface area contributed by atoms with Gasteiger partial charge in [0.15, 0.2) is 0 Å². The summed E-state index contributed by atoms with van der Waals surface area (Å²) in [6.45, 7) is 4.67. The first kappa shape index (κ1) is 70.4. The van der Waals surface area contributed by atoms with Crippen molar-refractivity contribution in [1.82, 2.24) is 5.32 Å². The molecule has 0 fully saturated rings. The highest BCUT2D eigenvalue weighted by Gasteiger charge is 2.27. The lowest BCUT2D eigenvalue weighted by atomic mass is 10.0. The minimum absolute atomic E-state index is 0.0508. The van der Waals surface area contributed by atoms with Crippen LogP contribution in [0.1, 0.15) is 251 Å². The Balaban J connectivity index is 4.14. The number of nitrogens with one attached hydrogen (secondary N) is 1. The first-order valence-electron chi connectivity index (χ1n) is 30.1. The van der Waals surface area contributed by atoms with E-state index in [0.717, 1.165) is 77.0 Å². The van der Waals surface area contributed by atoms with E-state index in [1.807, 2.05) is 27.2 Å². The van der Waals surface area contributed by atoms with Crippen LogP contribution in [0.25, 0.3) is 0 Å². The smallest absolute Gasteiger partial charge is 0.387 e. The van der Waals surface area contributed by atoms with Crippen LogP contribution < -0.4 is 5.32 Å². The SMILES string of the molecule is CC/C=C\C/C=C\C/C=C\C/C=C\C/C=C\CCCCCCCCCCCCCCCCCCCC(=O)NC(COP(=O)(O)OCC[N+](C)(C)C)C(O)/C=C/CC/C=C/CC/C=C/CCCCCCCCCC. The molecular weight excluding hydrogens is 924 g/mol. The number of hydrogen-bond acceptors (Lipinski definition) is 5. The minimum Gasteiger partial charge on any atom is -0.387 e. The number of amides is 1. The Bertz CT molecular complexity index is 1510. The number of quaternary nitrogens is 1. The van der Waals surface area contributed by atoms with Crippen molar-refractivity contribution in [2.75, 3.05) is 40.9 Å². The molecule has 3 atom stereocenters. The second-order valence-corrected chi connectivity index (χ2v) is 22.8. The van der Waals surface area contributed by atoms with Crippen LogP contribution in [0, 0.1) is 0 Å². The number of aliphatic hydroxyl groups is 1. The van der Waals surface area contributed by atoms with Crippen LogP contribution in [-0.2, 0) is 18.4 Å². The Morgan fingerprint density at radius 3 is 1.26 bits per heavy atom. The van der Waals surface area contributed by atoms with Gasteiger partial charge in [-0.1, -0.05) is 252 Å². The minimum atomic E-state index is -4.36. The molecule has 0 aromatic rings. The van der Waals surface area contributed by atoms with Gasteiger partial charge in [-0.05, 0) is 89.9 Å². The molecule has 0 aliphatic carbocycles. The molecule has 0 aromatic heterocycles. The van der Waals surface area contributed by atoms with Gasteiger partial charge in [0.2, 0.25) is 5.91 Å². The number of phosphoric ester groups is 1. The van der Waals surface area contributed by atoms with Gasteiger partial charge < -0.3 is 19.8 Å². The van der Waals surface area contributed by atoms with E-state index in [2.05, 4.69) is 104 Å². The Morgan fingerprint density at radius 2 is 0.836 bits per heavy atom. The van der Waals surface area contributed by atoms with Gasteiger partial charge in [-0.25, -0.2) is 4.57 Å². The van der Waals surface area contributed by atoms with E-state index < -0.39 is 20.0 Å². The van der Waals surface area contributed by atoms with Crippen molar-refractivity contribution in [2.45, 2.75) is 264 Å². The fraction of sp³-hybridized carbons (Fsp3) is 0.734. The molecule has 0 spiro atoms. The zero-order valence-corrected chi connectivity index (χ0v) is 49.0. The number of carbonyl (C=O) groups is 1. The molecule has 0 heterocycles. The van der Waals surface area contributed by atoms with Gasteiger partial charge in [0.25, 0.3) is 0 Å². The van der Waals surface area contributed by atoms with Crippen molar-refractivity contribution < 1.29 is 32.9 Å². The number of allylic oxidation sites excluding steroid dienone is 15. The van der Waals surface area contributed by atoms with E-state index >= 15 is 0 Å². The Hall–Kier alpha value is -2.58. The molecule has 73 heavy (non-hydrogen) atoms. The first-order valence-corrected chi connectivity index (χ1v) is 31.6. The van der Waals surface area contributed by atoms with Gasteiger partial charge in [-0.2, -0.15) is 0 Å². The fourth-order valence-electron chi connectivity index (χ4n) is 8.34. The lowest BCUT2D eigenvalue weighted by molar-refractivity contribution is -0.870. The summed E-state index contributed by atoms with van der Waals surface area (Å²) in [5, 5.41) is 13.9. The highest BCUT2D eigenvalue weighted by Crippen LogP contribution is 2.43. The predicted octanol–water partition coefficient (Wildman–Crippen LogP) is 18.6. The third kappa shape index (κ3) is 57.0. The number of likely N-dealkylation sites (N-methyl/N-ethyl adjacent to an activating group) is 1. The molecule has 422 valence electrons. The van der Waals surface area contributed by atoms with Gasteiger partial charge in [-0.15, -0.1) is 0 Å². The molecule has 0 radical (unpaired) electrons. The topological polar surface area (TPSA) is 105 Å². The molecule has 0 rings (SSSR count). The monoisotopic (exact) mass is 1040 g/mol. The van der Waals surface area contributed by atoms with Crippen LogP contribution in [-0.4, -0.2) is 73.4 Å². The number of phosphoric acid groups is 1. The maximum Gasteiger partial charge on any atom is 0.472 e. The van der Waals surface area contributed by atoms with Crippen LogP contribution in [0.15, 0.2) is 97.2 Å². The maximum atomic E-state index is 13.0. The molecule has 0 bridgehead atoms. The zero-order valence-electron chi connectivity index (χ0n) is 48.1. The van der Waals surface area contributed by atoms with Crippen LogP contribution >= 0.6 is 7.82 Å². The number of carbonyl (C=O) groups excluding carboxylic acids is 1. The quantitative estimate of drug-likeness (QED) is 0.0243. The number of nitrogens with zero attached hydrogens (tertiary/aromatic N) is 1. The normalized spacial score (nSPS) is 14.6. The summed E-state index contributed by atoms with van der Waals surface area (Å²) < 4.78 is 23.7. The van der Waals surface area contributed by atoms with Gasteiger partial charge in [0.1, 0.15) is 13.2 Å². The lowest BCUT2D eigenvalue weighted by Crippen LogP contribution is -2.45. The molecular formula is C64H116N2O6P+. The largest absolute Gasteiger partial charge is 0.472 e. The predicted molar refractivity (Wildman–Crippen MR) is 318 cm³/mol. The van der Waals surface area contributed by atoms with E-state index in [0.29, 0.717) is 17.4 Å². The summed E-state index contributed by atoms with van der Waals surface area (Å²) in [5.41, 5.74) is 0. The summed E-state index contributed by atoms with van der Waals surface area (Å²) in [7, 11) is 1.54. The maximum absolute atomic E-state index is 13.0. The molecule has 1 amide bonds. The highest BCUT2D eigenvalue weighted by molar-refractivity contribution is 7.47. The van der Waals surface area contributed by atoms with Crippen molar-refractivity contribution in [3.8, 4) is 0 Å². The fourth-order valence-corrected chi connectivity index (χ4v) is 9.07. The number of rotatable bonds is 54. The molecule has 0 aromatic carbocycles. The van der Waals surface area contributed by atoms with E-state index in [-0.39, 0.29) is 19.1 Å². The zero-order chi connectivity index (χ0) is 53.5. The average molecular weight is 1040 g/mol. The number of unbranched alkanes of at least 4 members (excludes halogenated alkanes) is 27.